The molecule has 3 aromatic heterocycles. The van der Waals surface area contributed by atoms with Crippen LogP contribution in [-0.2, 0) is 19.4 Å². The summed E-state index contributed by atoms with van der Waals surface area (Å²) < 4.78 is 2.37. The third-order valence-electron chi connectivity index (χ3n) is 5.27. The molecule has 0 fully saturated rings. The van der Waals surface area contributed by atoms with Crippen LogP contribution in [0, 0.1) is 6.92 Å². The molecule has 0 unspecified atom stereocenters. The van der Waals surface area contributed by atoms with Gasteiger partial charge in [-0.1, -0.05) is 0 Å². The molecule has 3 aromatic rings. The van der Waals surface area contributed by atoms with Gasteiger partial charge < -0.3 is 9.47 Å². The van der Waals surface area contributed by atoms with Crippen LogP contribution in [-0.4, -0.2) is 21.1 Å². The molecule has 4 heterocycles. The molecule has 23 heavy (non-hydrogen) atoms. The van der Waals surface area contributed by atoms with Crippen LogP contribution in [0.1, 0.15) is 41.3 Å². The maximum atomic E-state index is 4.89. The van der Waals surface area contributed by atoms with E-state index in [1.165, 1.54) is 45.6 Å². The first-order valence-corrected chi connectivity index (χ1v) is 9.24. The second-order valence-corrected chi connectivity index (χ2v) is 7.71. The van der Waals surface area contributed by atoms with E-state index in [2.05, 4.69) is 34.7 Å². The summed E-state index contributed by atoms with van der Waals surface area (Å²) in [7, 11) is 0. The van der Waals surface area contributed by atoms with E-state index in [9.17, 15) is 0 Å². The van der Waals surface area contributed by atoms with Crippen molar-refractivity contribution in [3.05, 3.63) is 40.3 Å². The van der Waals surface area contributed by atoms with Gasteiger partial charge in [-0.3, -0.25) is 0 Å². The Morgan fingerprint density at radius 1 is 1.22 bits per heavy atom. The van der Waals surface area contributed by atoms with Crippen LogP contribution in [0.2, 0.25) is 0 Å². The van der Waals surface area contributed by atoms with E-state index in [0.717, 1.165) is 24.7 Å². The SMILES string of the molecule is Cc1nc(N2CCn3cccc3[C@H]2C)c2c3c(sc2n1)CCC3. The minimum absolute atomic E-state index is 0.355. The summed E-state index contributed by atoms with van der Waals surface area (Å²) in [6, 6.07) is 4.74. The van der Waals surface area contributed by atoms with Gasteiger partial charge in [0.25, 0.3) is 0 Å². The lowest BCUT2D eigenvalue weighted by Crippen LogP contribution is -2.37. The number of anilines is 1. The highest BCUT2D eigenvalue weighted by Crippen LogP contribution is 2.42. The van der Waals surface area contributed by atoms with Gasteiger partial charge in [-0.25, -0.2) is 9.97 Å². The number of rotatable bonds is 1. The second-order valence-electron chi connectivity index (χ2n) is 6.63. The van der Waals surface area contributed by atoms with Gasteiger partial charge >= 0.3 is 0 Å². The summed E-state index contributed by atoms with van der Waals surface area (Å²) in [6.07, 6.45) is 5.87. The minimum atomic E-state index is 0.355. The Balaban J connectivity index is 1.71. The van der Waals surface area contributed by atoms with Gasteiger partial charge in [0.05, 0.1) is 11.4 Å². The van der Waals surface area contributed by atoms with Crippen LogP contribution in [0.15, 0.2) is 18.3 Å². The third-order valence-corrected chi connectivity index (χ3v) is 6.46. The smallest absolute Gasteiger partial charge is 0.142 e. The Kier molecular flexibility index (Phi) is 2.83. The molecule has 1 atom stereocenters. The Morgan fingerprint density at radius 2 is 2.13 bits per heavy atom. The summed E-state index contributed by atoms with van der Waals surface area (Å²) in [5.41, 5.74) is 2.90. The maximum absolute atomic E-state index is 4.89. The number of hydrogen-bond donors (Lipinski definition) is 0. The molecule has 4 nitrogen and oxygen atoms in total. The van der Waals surface area contributed by atoms with Crippen molar-refractivity contribution in [1.82, 2.24) is 14.5 Å². The summed E-state index contributed by atoms with van der Waals surface area (Å²) in [6.45, 7) is 6.36. The molecule has 1 aliphatic heterocycles. The van der Waals surface area contributed by atoms with Crippen molar-refractivity contribution >= 4 is 27.4 Å². The lowest BCUT2D eigenvalue weighted by atomic mass is 10.1. The number of aromatic nitrogens is 3. The van der Waals surface area contributed by atoms with Crippen molar-refractivity contribution in [2.24, 2.45) is 0 Å². The van der Waals surface area contributed by atoms with E-state index in [0.29, 0.717) is 6.04 Å². The molecule has 0 saturated carbocycles. The van der Waals surface area contributed by atoms with Gasteiger partial charge in [-0.05, 0) is 50.8 Å². The lowest BCUT2D eigenvalue weighted by Gasteiger charge is -2.36. The summed E-state index contributed by atoms with van der Waals surface area (Å²) in [4.78, 5) is 14.8. The molecule has 0 N–H and O–H groups in total. The fourth-order valence-electron chi connectivity index (χ4n) is 4.16. The van der Waals surface area contributed by atoms with E-state index in [4.69, 9.17) is 9.97 Å². The van der Waals surface area contributed by atoms with Crippen molar-refractivity contribution in [2.45, 2.75) is 45.7 Å². The molecule has 2 aliphatic rings. The van der Waals surface area contributed by atoms with Gasteiger partial charge in [-0.2, -0.15) is 0 Å². The number of fused-ring (bicyclic) bond motifs is 4. The van der Waals surface area contributed by atoms with Crippen molar-refractivity contribution in [3.8, 4) is 0 Å². The third kappa shape index (κ3) is 1.89. The van der Waals surface area contributed by atoms with E-state index in [1.807, 2.05) is 18.3 Å². The first kappa shape index (κ1) is 13.5. The molecule has 0 amide bonds. The van der Waals surface area contributed by atoms with Crippen molar-refractivity contribution in [2.75, 3.05) is 11.4 Å². The average molecular weight is 324 g/mol. The van der Waals surface area contributed by atoms with Crippen molar-refractivity contribution in [1.29, 1.82) is 0 Å². The van der Waals surface area contributed by atoms with E-state index in [-0.39, 0.29) is 0 Å². The molecule has 118 valence electrons. The van der Waals surface area contributed by atoms with Gasteiger partial charge in [-0.15, -0.1) is 11.3 Å². The van der Waals surface area contributed by atoms with E-state index >= 15 is 0 Å². The zero-order valence-corrected chi connectivity index (χ0v) is 14.4. The van der Waals surface area contributed by atoms with Gasteiger partial charge in [0.2, 0.25) is 0 Å². The Hall–Kier alpha value is -1.88. The highest BCUT2D eigenvalue weighted by molar-refractivity contribution is 7.19. The first-order chi connectivity index (χ1) is 11.2. The predicted molar refractivity (Wildman–Crippen MR) is 94.4 cm³/mol. The summed E-state index contributed by atoms with van der Waals surface area (Å²) >= 11 is 1.88. The Morgan fingerprint density at radius 3 is 3.04 bits per heavy atom. The van der Waals surface area contributed by atoms with Crippen LogP contribution in [0.4, 0.5) is 5.82 Å². The highest BCUT2D eigenvalue weighted by Gasteiger charge is 2.29. The topological polar surface area (TPSA) is 34.0 Å². The molecular weight excluding hydrogens is 304 g/mol. The molecule has 0 bridgehead atoms. The van der Waals surface area contributed by atoms with Crippen LogP contribution in [0.3, 0.4) is 0 Å². The summed E-state index contributed by atoms with van der Waals surface area (Å²) in [5, 5.41) is 1.33. The quantitative estimate of drug-likeness (QED) is 0.681. The number of nitrogens with zero attached hydrogens (tertiary/aromatic N) is 4. The average Bonchev–Trinajstić information content (AvgIpc) is 3.20. The standard InChI is InChI=1S/C18H20N4S/c1-11-14-6-4-8-21(14)9-10-22(11)17-16-13-5-3-7-15(13)23-18(16)20-12(2)19-17/h4,6,8,11H,3,5,7,9-10H2,1-2H3/t11-/m1/s1. The van der Waals surface area contributed by atoms with Gasteiger partial charge in [0.1, 0.15) is 16.5 Å². The zero-order valence-electron chi connectivity index (χ0n) is 13.5. The fraction of sp³-hybridized carbons (Fsp3) is 0.444. The largest absolute Gasteiger partial charge is 0.348 e. The lowest BCUT2D eigenvalue weighted by molar-refractivity contribution is 0.506. The van der Waals surface area contributed by atoms with Gasteiger partial charge in [0.15, 0.2) is 0 Å². The molecule has 0 saturated heterocycles. The van der Waals surface area contributed by atoms with Crippen LogP contribution >= 0.6 is 11.3 Å². The molecule has 0 spiro atoms. The molecule has 5 heteroatoms. The first-order valence-electron chi connectivity index (χ1n) is 8.43. The van der Waals surface area contributed by atoms with Gasteiger partial charge in [0, 0.05) is 29.9 Å². The minimum Gasteiger partial charge on any atom is -0.348 e. The molecule has 5 rings (SSSR count). The normalized spacial score (nSPS) is 20.1. The monoisotopic (exact) mass is 324 g/mol. The Labute approximate surface area is 139 Å². The molecule has 0 radical (unpaired) electrons. The highest BCUT2D eigenvalue weighted by atomic mass is 32.1. The van der Waals surface area contributed by atoms with Crippen LogP contribution in [0.25, 0.3) is 10.2 Å². The number of thiophene rings is 1. The number of aryl methyl sites for hydroxylation is 3. The maximum Gasteiger partial charge on any atom is 0.142 e. The summed E-state index contributed by atoms with van der Waals surface area (Å²) in [5.74, 6) is 2.05. The molecule has 1 aliphatic carbocycles. The van der Waals surface area contributed by atoms with E-state index < -0.39 is 0 Å². The van der Waals surface area contributed by atoms with Crippen LogP contribution < -0.4 is 4.90 Å². The van der Waals surface area contributed by atoms with Crippen LogP contribution in [0.5, 0.6) is 0 Å². The second kappa shape index (κ2) is 4.81. The van der Waals surface area contributed by atoms with Crippen molar-refractivity contribution in [3.63, 3.8) is 0 Å². The van der Waals surface area contributed by atoms with Crippen molar-refractivity contribution < 1.29 is 0 Å². The van der Waals surface area contributed by atoms with E-state index in [1.54, 1.807) is 0 Å². The number of hydrogen-bond acceptors (Lipinski definition) is 4. The molecule has 0 aromatic carbocycles. The predicted octanol–water partition coefficient (Wildman–Crippen LogP) is 3.87. The molecular formula is C18H20N4S. The Bertz CT molecular complexity index is 907. The fourth-order valence-corrected chi connectivity index (χ4v) is 5.46. The zero-order chi connectivity index (χ0) is 15.6.